The molecule has 2 rings (SSSR count). The lowest BCUT2D eigenvalue weighted by Gasteiger charge is -2.02. The van der Waals surface area contributed by atoms with Crippen molar-refractivity contribution >= 4 is 5.97 Å². The minimum absolute atomic E-state index is 0.0719. The summed E-state index contributed by atoms with van der Waals surface area (Å²) in [5.41, 5.74) is 0. The van der Waals surface area contributed by atoms with Crippen molar-refractivity contribution < 1.29 is 9.90 Å². The zero-order valence-corrected chi connectivity index (χ0v) is 7.55. The van der Waals surface area contributed by atoms with Gasteiger partial charge in [-0.25, -0.2) is 4.68 Å². The van der Waals surface area contributed by atoms with E-state index in [1.165, 1.54) is 0 Å². The fraction of sp³-hybridized carbons (Fsp3) is 0.714. The predicted molar refractivity (Wildman–Crippen MR) is 45.4 cm³/mol. The highest BCUT2D eigenvalue weighted by molar-refractivity contribution is 5.68. The van der Waals surface area contributed by atoms with E-state index in [1.54, 1.807) is 4.68 Å². The number of carboxylic acid groups (broad SMARTS) is 1. The molecule has 1 fully saturated rings. The average Bonchev–Trinajstić information content (AvgIpc) is 2.87. The summed E-state index contributed by atoms with van der Waals surface area (Å²) in [5, 5.41) is 22.4. The van der Waals surface area contributed by atoms with Gasteiger partial charge in [0.05, 0.1) is 19.1 Å². The van der Waals surface area contributed by atoms with E-state index in [4.69, 9.17) is 5.11 Å². The molecule has 7 nitrogen and oxygen atoms in total. The van der Waals surface area contributed by atoms with Crippen LogP contribution >= 0.6 is 0 Å². The van der Waals surface area contributed by atoms with Crippen LogP contribution < -0.4 is 5.32 Å². The number of carbonyl (C=O) groups is 1. The van der Waals surface area contributed by atoms with Gasteiger partial charge in [0.2, 0.25) is 0 Å². The Kier molecular flexibility index (Phi) is 2.40. The quantitative estimate of drug-likeness (QED) is 0.640. The number of nitrogens with one attached hydrogen (secondary N) is 1. The first-order chi connectivity index (χ1) is 6.77. The van der Waals surface area contributed by atoms with Crippen LogP contribution in [0, 0.1) is 0 Å². The molecule has 1 aromatic heterocycles. The van der Waals surface area contributed by atoms with Crippen molar-refractivity contribution in [3.05, 3.63) is 5.82 Å². The SMILES string of the molecule is O=C(O)CNCc1nnnn1C1CC1. The number of tetrazole rings is 1. The number of hydrogen-bond donors (Lipinski definition) is 2. The van der Waals surface area contributed by atoms with Gasteiger partial charge >= 0.3 is 5.97 Å². The summed E-state index contributed by atoms with van der Waals surface area (Å²) in [6.45, 7) is 0.327. The van der Waals surface area contributed by atoms with E-state index in [1.807, 2.05) is 0 Å². The molecule has 1 aromatic rings. The summed E-state index contributed by atoms with van der Waals surface area (Å²) in [5.74, 6) is -0.177. The fourth-order valence-electron chi connectivity index (χ4n) is 1.21. The largest absolute Gasteiger partial charge is 0.480 e. The first-order valence-corrected chi connectivity index (χ1v) is 4.46. The Labute approximate surface area is 80.1 Å². The minimum atomic E-state index is -0.879. The molecule has 76 valence electrons. The van der Waals surface area contributed by atoms with E-state index in [0.29, 0.717) is 18.4 Å². The third-order valence-electron chi connectivity index (χ3n) is 2.01. The molecule has 0 saturated heterocycles. The van der Waals surface area contributed by atoms with E-state index in [0.717, 1.165) is 12.8 Å². The van der Waals surface area contributed by atoms with Gasteiger partial charge in [0, 0.05) is 0 Å². The molecule has 0 bridgehead atoms. The molecule has 0 spiro atoms. The number of aliphatic carboxylic acids is 1. The van der Waals surface area contributed by atoms with E-state index >= 15 is 0 Å². The van der Waals surface area contributed by atoms with Gasteiger partial charge in [-0.05, 0) is 23.3 Å². The van der Waals surface area contributed by atoms with Crippen LogP contribution in [0.3, 0.4) is 0 Å². The third-order valence-corrected chi connectivity index (χ3v) is 2.01. The molecule has 7 heteroatoms. The molecule has 1 heterocycles. The highest BCUT2D eigenvalue weighted by atomic mass is 16.4. The van der Waals surface area contributed by atoms with Crippen LogP contribution in [0.15, 0.2) is 0 Å². The Morgan fingerprint density at radius 3 is 3.07 bits per heavy atom. The van der Waals surface area contributed by atoms with E-state index < -0.39 is 5.97 Å². The number of hydrogen-bond acceptors (Lipinski definition) is 5. The summed E-state index contributed by atoms with van der Waals surface area (Å²) >= 11 is 0. The second-order valence-electron chi connectivity index (χ2n) is 3.27. The highest BCUT2D eigenvalue weighted by Crippen LogP contribution is 2.34. The van der Waals surface area contributed by atoms with Gasteiger partial charge in [-0.1, -0.05) is 0 Å². The molecule has 0 atom stereocenters. The summed E-state index contributed by atoms with van der Waals surface area (Å²) in [7, 11) is 0. The zero-order valence-electron chi connectivity index (χ0n) is 7.55. The van der Waals surface area contributed by atoms with Crippen molar-refractivity contribution in [2.24, 2.45) is 0 Å². The lowest BCUT2D eigenvalue weighted by molar-refractivity contribution is -0.136. The topological polar surface area (TPSA) is 92.9 Å². The lowest BCUT2D eigenvalue weighted by atomic mass is 10.5. The Morgan fingerprint density at radius 1 is 1.64 bits per heavy atom. The van der Waals surface area contributed by atoms with Crippen molar-refractivity contribution in [3.8, 4) is 0 Å². The van der Waals surface area contributed by atoms with Crippen LogP contribution in [-0.2, 0) is 11.3 Å². The second kappa shape index (κ2) is 3.70. The van der Waals surface area contributed by atoms with Crippen molar-refractivity contribution in [1.82, 2.24) is 25.5 Å². The van der Waals surface area contributed by atoms with Crippen LogP contribution in [0.5, 0.6) is 0 Å². The number of carboxylic acids is 1. The molecule has 1 aliphatic carbocycles. The second-order valence-corrected chi connectivity index (χ2v) is 3.27. The molecule has 0 aromatic carbocycles. The Bertz CT molecular complexity index is 333. The molecule has 2 N–H and O–H groups in total. The van der Waals surface area contributed by atoms with E-state index in [-0.39, 0.29) is 6.54 Å². The van der Waals surface area contributed by atoms with Crippen molar-refractivity contribution in [2.45, 2.75) is 25.4 Å². The number of aromatic nitrogens is 4. The van der Waals surface area contributed by atoms with Gasteiger partial charge in [0.15, 0.2) is 5.82 Å². The first kappa shape index (κ1) is 9.07. The van der Waals surface area contributed by atoms with Gasteiger partial charge in [-0.15, -0.1) is 5.10 Å². The van der Waals surface area contributed by atoms with Gasteiger partial charge in [0.1, 0.15) is 0 Å². The normalized spacial score (nSPS) is 15.7. The maximum Gasteiger partial charge on any atom is 0.317 e. The fourth-order valence-corrected chi connectivity index (χ4v) is 1.21. The van der Waals surface area contributed by atoms with Crippen molar-refractivity contribution in [3.63, 3.8) is 0 Å². The Morgan fingerprint density at radius 2 is 2.43 bits per heavy atom. The standard InChI is InChI=1S/C7H11N5O2/c13-7(14)4-8-3-6-9-10-11-12(6)5-1-2-5/h5,8H,1-4H2,(H,13,14). The van der Waals surface area contributed by atoms with Crippen LogP contribution in [0.1, 0.15) is 24.7 Å². The summed E-state index contributed by atoms with van der Waals surface area (Å²) in [6.07, 6.45) is 2.22. The summed E-state index contributed by atoms with van der Waals surface area (Å²) in [6, 6.07) is 0.423. The van der Waals surface area contributed by atoms with Gasteiger partial charge < -0.3 is 5.11 Å². The van der Waals surface area contributed by atoms with Crippen LogP contribution in [-0.4, -0.2) is 37.8 Å². The molecular formula is C7H11N5O2. The van der Waals surface area contributed by atoms with Gasteiger partial charge in [0.25, 0.3) is 0 Å². The number of nitrogens with zero attached hydrogens (tertiary/aromatic N) is 4. The minimum Gasteiger partial charge on any atom is -0.480 e. The average molecular weight is 197 g/mol. The molecule has 1 aliphatic rings. The Balaban J connectivity index is 1.88. The van der Waals surface area contributed by atoms with E-state index in [2.05, 4.69) is 20.8 Å². The third kappa shape index (κ3) is 2.05. The molecular weight excluding hydrogens is 186 g/mol. The number of rotatable bonds is 5. The molecule has 0 unspecified atom stereocenters. The summed E-state index contributed by atoms with van der Waals surface area (Å²) < 4.78 is 1.76. The van der Waals surface area contributed by atoms with Crippen LogP contribution in [0.2, 0.25) is 0 Å². The maximum absolute atomic E-state index is 10.2. The highest BCUT2D eigenvalue weighted by Gasteiger charge is 2.27. The monoisotopic (exact) mass is 197 g/mol. The Hall–Kier alpha value is -1.50. The van der Waals surface area contributed by atoms with Crippen molar-refractivity contribution in [2.75, 3.05) is 6.54 Å². The lowest BCUT2D eigenvalue weighted by Crippen LogP contribution is -2.23. The smallest absolute Gasteiger partial charge is 0.317 e. The van der Waals surface area contributed by atoms with Gasteiger partial charge in [-0.2, -0.15) is 0 Å². The first-order valence-electron chi connectivity index (χ1n) is 4.46. The molecule has 1 saturated carbocycles. The molecule has 14 heavy (non-hydrogen) atoms. The van der Waals surface area contributed by atoms with Gasteiger partial charge in [-0.3, -0.25) is 10.1 Å². The van der Waals surface area contributed by atoms with Crippen molar-refractivity contribution in [1.29, 1.82) is 0 Å². The predicted octanol–water partition coefficient (Wildman–Crippen LogP) is -0.818. The van der Waals surface area contributed by atoms with Crippen LogP contribution in [0.25, 0.3) is 0 Å². The maximum atomic E-state index is 10.2. The summed E-state index contributed by atoms with van der Waals surface area (Å²) in [4.78, 5) is 10.2. The van der Waals surface area contributed by atoms with E-state index in [9.17, 15) is 4.79 Å². The zero-order chi connectivity index (χ0) is 9.97. The van der Waals surface area contributed by atoms with Crippen LogP contribution in [0.4, 0.5) is 0 Å². The molecule has 0 radical (unpaired) electrons. The molecule has 0 aliphatic heterocycles. The molecule has 0 amide bonds.